The van der Waals surface area contributed by atoms with Gasteiger partial charge in [0, 0.05) is 50.3 Å². The Kier molecular flexibility index (Phi) is 8.33. The van der Waals surface area contributed by atoms with Crippen LogP contribution in [0, 0.1) is 5.82 Å². The van der Waals surface area contributed by atoms with Crippen molar-refractivity contribution in [1.29, 1.82) is 0 Å². The standard InChI is InChI=1S/C27H35FN2O5/c1-3-33-24-9-10-25(28)26(17-24)29-13-11-23(12-14-29)35-22-7-5-19(6-8-22)30-18-21(31)15-20(30)16-27(32)34-4-2/h5-10,17,20-21,23,31H,3-4,11-16,18H2,1-2H3/t20-,21+/m1/s1. The van der Waals surface area contributed by atoms with Gasteiger partial charge in [-0.05, 0) is 56.7 Å². The maximum absolute atomic E-state index is 14.4. The predicted octanol–water partition coefficient (Wildman–Crippen LogP) is 4.17. The highest BCUT2D eigenvalue weighted by molar-refractivity contribution is 5.71. The number of hydrogen-bond donors (Lipinski definition) is 1. The van der Waals surface area contributed by atoms with Crippen molar-refractivity contribution in [2.75, 3.05) is 42.6 Å². The summed E-state index contributed by atoms with van der Waals surface area (Å²) in [5.41, 5.74) is 1.52. The van der Waals surface area contributed by atoms with Crippen LogP contribution in [0.15, 0.2) is 42.5 Å². The summed E-state index contributed by atoms with van der Waals surface area (Å²) in [7, 11) is 0. The molecule has 4 rings (SSSR count). The van der Waals surface area contributed by atoms with E-state index in [9.17, 15) is 14.3 Å². The summed E-state index contributed by atoms with van der Waals surface area (Å²) in [6.07, 6.45) is 1.98. The van der Waals surface area contributed by atoms with Gasteiger partial charge in [0.05, 0.1) is 31.4 Å². The average molecular weight is 487 g/mol. The Labute approximate surface area is 206 Å². The van der Waals surface area contributed by atoms with Crippen LogP contribution in [-0.4, -0.2) is 62.2 Å². The third-order valence-electron chi connectivity index (χ3n) is 6.58. The lowest BCUT2D eigenvalue weighted by molar-refractivity contribution is -0.143. The fraction of sp³-hybridized carbons (Fsp3) is 0.519. The summed E-state index contributed by atoms with van der Waals surface area (Å²) in [6, 6.07) is 12.6. The molecular weight excluding hydrogens is 451 g/mol. The predicted molar refractivity (Wildman–Crippen MR) is 133 cm³/mol. The monoisotopic (exact) mass is 486 g/mol. The SMILES string of the molecule is CCOC(=O)C[C@H]1C[C@H](O)CN1c1ccc(OC2CCN(c3cc(OCC)ccc3F)CC2)cc1. The number of aliphatic hydroxyl groups excluding tert-OH is 1. The second kappa shape index (κ2) is 11.6. The van der Waals surface area contributed by atoms with E-state index >= 15 is 0 Å². The number of nitrogens with zero attached hydrogens (tertiary/aromatic N) is 2. The number of halogens is 1. The minimum absolute atomic E-state index is 0.0559. The molecule has 0 bridgehead atoms. The van der Waals surface area contributed by atoms with Gasteiger partial charge in [0.2, 0.25) is 0 Å². The van der Waals surface area contributed by atoms with E-state index in [1.807, 2.05) is 36.1 Å². The van der Waals surface area contributed by atoms with Crippen molar-refractivity contribution in [2.24, 2.45) is 0 Å². The molecule has 0 radical (unpaired) electrons. The van der Waals surface area contributed by atoms with Crippen LogP contribution in [0.5, 0.6) is 11.5 Å². The number of piperidine rings is 1. The zero-order valence-corrected chi connectivity index (χ0v) is 20.5. The summed E-state index contributed by atoms with van der Waals surface area (Å²) < 4.78 is 31.2. The fourth-order valence-corrected chi connectivity index (χ4v) is 4.93. The van der Waals surface area contributed by atoms with Gasteiger partial charge in [-0.15, -0.1) is 0 Å². The molecule has 2 heterocycles. The maximum Gasteiger partial charge on any atom is 0.307 e. The molecule has 0 aromatic heterocycles. The molecule has 0 saturated carbocycles. The Balaban J connectivity index is 1.32. The number of anilines is 2. The van der Waals surface area contributed by atoms with Crippen molar-refractivity contribution < 1.29 is 28.5 Å². The van der Waals surface area contributed by atoms with E-state index in [0.717, 1.165) is 24.3 Å². The van der Waals surface area contributed by atoms with Gasteiger partial charge in [-0.3, -0.25) is 4.79 Å². The molecule has 2 aromatic rings. The molecule has 2 fully saturated rings. The van der Waals surface area contributed by atoms with Gasteiger partial charge >= 0.3 is 5.97 Å². The van der Waals surface area contributed by atoms with Crippen LogP contribution in [0.4, 0.5) is 15.8 Å². The molecule has 0 unspecified atom stereocenters. The molecule has 2 aromatic carbocycles. The number of esters is 1. The van der Waals surface area contributed by atoms with Gasteiger partial charge in [0.1, 0.15) is 23.4 Å². The first-order valence-corrected chi connectivity index (χ1v) is 12.5. The summed E-state index contributed by atoms with van der Waals surface area (Å²) >= 11 is 0. The third kappa shape index (κ3) is 6.36. The topological polar surface area (TPSA) is 71.5 Å². The van der Waals surface area contributed by atoms with Gasteiger partial charge in [0.15, 0.2) is 0 Å². The smallest absolute Gasteiger partial charge is 0.307 e. The Hall–Kier alpha value is -3.00. The molecule has 35 heavy (non-hydrogen) atoms. The molecule has 2 aliphatic rings. The lowest BCUT2D eigenvalue weighted by atomic mass is 10.1. The van der Waals surface area contributed by atoms with E-state index in [1.165, 1.54) is 6.07 Å². The molecular formula is C27H35FN2O5. The first-order valence-electron chi connectivity index (χ1n) is 12.5. The fourth-order valence-electron chi connectivity index (χ4n) is 4.93. The van der Waals surface area contributed by atoms with Gasteiger partial charge in [-0.1, -0.05) is 0 Å². The van der Waals surface area contributed by atoms with Crippen LogP contribution >= 0.6 is 0 Å². The Bertz CT molecular complexity index is 978. The molecule has 0 spiro atoms. The Morgan fingerprint density at radius 1 is 1.06 bits per heavy atom. The number of carbonyl (C=O) groups is 1. The van der Waals surface area contributed by atoms with E-state index in [1.54, 1.807) is 19.1 Å². The van der Waals surface area contributed by atoms with Crippen molar-refractivity contribution in [3.63, 3.8) is 0 Å². The minimum Gasteiger partial charge on any atom is -0.494 e. The number of ether oxygens (including phenoxy) is 3. The second-order valence-electron chi connectivity index (χ2n) is 9.05. The van der Waals surface area contributed by atoms with Crippen LogP contribution in [0.3, 0.4) is 0 Å². The van der Waals surface area contributed by atoms with Crippen LogP contribution < -0.4 is 19.3 Å². The van der Waals surface area contributed by atoms with Crippen molar-refractivity contribution in [1.82, 2.24) is 0 Å². The van der Waals surface area contributed by atoms with Crippen molar-refractivity contribution in [2.45, 2.75) is 57.8 Å². The summed E-state index contributed by atoms with van der Waals surface area (Å²) in [5.74, 6) is 0.972. The molecule has 2 saturated heterocycles. The quantitative estimate of drug-likeness (QED) is 0.534. The van der Waals surface area contributed by atoms with E-state index < -0.39 is 6.10 Å². The summed E-state index contributed by atoms with van der Waals surface area (Å²) in [4.78, 5) is 16.1. The zero-order chi connectivity index (χ0) is 24.8. The van der Waals surface area contributed by atoms with E-state index in [4.69, 9.17) is 14.2 Å². The molecule has 0 aliphatic carbocycles. The largest absolute Gasteiger partial charge is 0.494 e. The van der Waals surface area contributed by atoms with Crippen molar-refractivity contribution >= 4 is 17.3 Å². The molecule has 8 heteroatoms. The minimum atomic E-state index is -0.463. The first-order chi connectivity index (χ1) is 17.0. The van der Waals surface area contributed by atoms with Gasteiger partial charge in [0.25, 0.3) is 0 Å². The Morgan fingerprint density at radius 2 is 1.77 bits per heavy atom. The zero-order valence-electron chi connectivity index (χ0n) is 20.5. The van der Waals surface area contributed by atoms with Crippen molar-refractivity contribution in [3.8, 4) is 11.5 Å². The van der Waals surface area contributed by atoms with Crippen LogP contribution in [0.25, 0.3) is 0 Å². The number of carbonyl (C=O) groups excluding carboxylic acids is 1. The second-order valence-corrected chi connectivity index (χ2v) is 9.05. The van der Waals surface area contributed by atoms with Crippen LogP contribution in [0.1, 0.15) is 39.5 Å². The highest BCUT2D eigenvalue weighted by Crippen LogP contribution is 2.31. The van der Waals surface area contributed by atoms with E-state index in [0.29, 0.717) is 50.7 Å². The normalized spacial score (nSPS) is 20.7. The Morgan fingerprint density at radius 3 is 2.46 bits per heavy atom. The van der Waals surface area contributed by atoms with Crippen molar-refractivity contribution in [3.05, 3.63) is 48.3 Å². The highest BCUT2D eigenvalue weighted by atomic mass is 19.1. The van der Waals surface area contributed by atoms with Gasteiger partial charge in [-0.2, -0.15) is 0 Å². The molecule has 190 valence electrons. The number of rotatable bonds is 9. The highest BCUT2D eigenvalue weighted by Gasteiger charge is 2.33. The maximum atomic E-state index is 14.4. The molecule has 0 amide bonds. The first kappa shape index (κ1) is 25.1. The van der Waals surface area contributed by atoms with Gasteiger partial charge < -0.3 is 29.1 Å². The van der Waals surface area contributed by atoms with Crippen LogP contribution in [-0.2, 0) is 9.53 Å². The number of β-amino-alcohol motifs (C(OH)–C–C–N with tert-alkyl or cyclic N) is 1. The van der Waals surface area contributed by atoms with Gasteiger partial charge in [-0.25, -0.2) is 4.39 Å². The lowest BCUT2D eigenvalue weighted by Gasteiger charge is -2.34. The third-order valence-corrected chi connectivity index (χ3v) is 6.58. The molecule has 2 atom stereocenters. The summed E-state index contributed by atoms with van der Waals surface area (Å²) in [5, 5.41) is 10.2. The van der Waals surface area contributed by atoms with E-state index in [2.05, 4.69) is 4.90 Å². The molecule has 1 N–H and O–H groups in total. The average Bonchev–Trinajstić information content (AvgIpc) is 3.21. The summed E-state index contributed by atoms with van der Waals surface area (Å²) in [6.45, 7) is 6.50. The molecule has 7 nitrogen and oxygen atoms in total. The van der Waals surface area contributed by atoms with E-state index in [-0.39, 0.29) is 30.4 Å². The number of hydrogen-bond acceptors (Lipinski definition) is 7. The molecule has 2 aliphatic heterocycles. The lowest BCUT2D eigenvalue weighted by Crippen LogP contribution is -2.38. The van der Waals surface area contributed by atoms with Crippen LogP contribution in [0.2, 0.25) is 0 Å². The number of aliphatic hydroxyl groups is 1. The number of benzene rings is 2.